The van der Waals surface area contributed by atoms with Gasteiger partial charge in [-0.2, -0.15) is 0 Å². The lowest BCUT2D eigenvalue weighted by atomic mass is 10.1. The summed E-state index contributed by atoms with van der Waals surface area (Å²) in [6, 6.07) is 7.07. The van der Waals surface area contributed by atoms with Crippen molar-refractivity contribution < 1.29 is 14.9 Å². The van der Waals surface area contributed by atoms with E-state index in [1.54, 1.807) is 19.2 Å². The van der Waals surface area contributed by atoms with E-state index in [9.17, 15) is 0 Å². The third-order valence-corrected chi connectivity index (χ3v) is 2.23. The Kier molecular flexibility index (Phi) is 4.43. The summed E-state index contributed by atoms with van der Waals surface area (Å²) in [6.45, 7) is 0.0502. The van der Waals surface area contributed by atoms with E-state index in [4.69, 9.17) is 14.9 Å². The van der Waals surface area contributed by atoms with Crippen molar-refractivity contribution in [2.45, 2.75) is 18.9 Å². The second-order valence-corrected chi connectivity index (χ2v) is 3.25. The minimum absolute atomic E-state index is 0.0502. The fourth-order valence-electron chi connectivity index (χ4n) is 1.27. The Bertz CT molecular complexity index is 252. The summed E-state index contributed by atoms with van der Waals surface area (Å²) in [4.78, 5) is 0. The Morgan fingerprint density at radius 2 is 1.93 bits per heavy atom. The van der Waals surface area contributed by atoms with Crippen LogP contribution in [0, 0.1) is 0 Å². The summed E-state index contributed by atoms with van der Waals surface area (Å²) in [5.74, 6) is 0.277. The van der Waals surface area contributed by atoms with Crippen LogP contribution in [0.25, 0.3) is 0 Å². The number of hydrogen-bond acceptors (Lipinski definition) is 3. The lowest BCUT2D eigenvalue weighted by Crippen LogP contribution is -2.16. The Labute approximate surface area is 84.0 Å². The van der Waals surface area contributed by atoms with Crippen LogP contribution in [-0.2, 0) is 11.2 Å². The zero-order chi connectivity index (χ0) is 10.4. The Hall–Kier alpha value is -1.06. The molecule has 3 heteroatoms. The van der Waals surface area contributed by atoms with E-state index >= 15 is 0 Å². The number of aryl methyl sites for hydroxylation is 1. The van der Waals surface area contributed by atoms with Gasteiger partial charge in [0, 0.05) is 7.11 Å². The van der Waals surface area contributed by atoms with E-state index in [1.165, 1.54) is 0 Å². The van der Waals surface area contributed by atoms with Gasteiger partial charge in [0.05, 0.1) is 12.7 Å². The molecule has 0 saturated heterocycles. The minimum Gasteiger partial charge on any atom is -0.508 e. The van der Waals surface area contributed by atoms with Crippen molar-refractivity contribution in [1.29, 1.82) is 0 Å². The monoisotopic (exact) mass is 196 g/mol. The lowest BCUT2D eigenvalue weighted by Gasteiger charge is -2.11. The standard InChI is InChI=1S/C11H16O3/c1-14-11(8-12)7-4-9-2-5-10(13)6-3-9/h2-3,5-6,11-13H,4,7-8H2,1H3. The number of aliphatic hydroxyl groups excluding tert-OH is 1. The Balaban J connectivity index is 2.41. The van der Waals surface area contributed by atoms with E-state index in [1.807, 2.05) is 12.1 Å². The fourth-order valence-corrected chi connectivity index (χ4v) is 1.27. The predicted octanol–water partition coefficient (Wildman–Crippen LogP) is 1.33. The molecular formula is C11H16O3. The third kappa shape index (κ3) is 3.36. The minimum atomic E-state index is -0.0937. The van der Waals surface area contributed by atoms with Crippen LogP contribution >= 0.6 is 0 Å². The molecule has 1 aromatic carbocycles. The van der Waals surface area contributed by atoms with Crippen molar-refractivity contribution in [3.63, 3.8) is 0 Å². The Morgan fingerprint density at radius 3 is 2.43 bits per heavy atom. The molecule has 3 nitrogen and oxygen atoms in total. The van der Waals surface area contributed by atoms with Crippen LogP contribution in [0.3, 0.4) is 0 Å². The molecule has 0 aliphatic carbocycles. The molecule has 1 atom stereocenters. The van der Waals surface area contributed by atoms with Gasteiger partial charge < -0.3 is 14.9 Å². The van der Waals surface area contributed by atoms with Gasteiger partial charge in [-0.3, -0.25) is 0 Å². The molecule has 14 heavy (non-hydrogen) atoms. The Morgan fingerprint density at radius 1 is 1.29 bits per heavy atom. The highest BCUT2D eigenvalue weighted by atomic mass is 16.5. The van der Waals surface area contributed by atoms with Gasteiger partial charge in [0.15, 0.2) is 0 Å². The molecular weight excluding hydrogens is 180 g/mol. The molecule has 1 unspecified atom stereocenters. The van der Waals surface area contributed by atoms with Gasteiger partial charge in [-0.1, -0.05) is 12.1 Å². The molecule has 0 bridgehead atoms. The zero-order valence-electron chi connectivity index (χ0n) is 8.31. The molecule has 0 heterocycles. The molecule has 1 aromatic rings. The SMILES string of the molecule is COC(CO)CCc1ccc(O)cc1. The highest BCUT2D eigenvalue weighted by Gasteiger charge is 2.05. The van der Waals surface area contributed by atoms with Gasteiger partial charge in [-0.05, 0) is 30.5 Å². The summed E-state index contributed by atoms with van der Waals surface area (Å²) in [7, 11) is 1.59. The summed E-state index contributed by atoms with van der Waals surface area (Å²) in [6.07, 6.45) is 1.54. The number of hydrogen-bond donors (Lipinski definition) is 2. The highest BCUT2D eigenvalue weighted by molar-refractivity contribution is 5.25. The number of benzene rings is 1. The van der Waals surface area contributed by atoms with Crippen molar-refractivity contribution >= 4 is 0 Å². The fraction of sp³-hybridized carbons (Fsp3) is 0.455. The summed E-state index contributed by atoms with van der Waals surface area (Å²) < 4.78 is 5.05. The van der Waals surface area contributed by atoms with Gasteiger partial charge in [0.2, 0.25) is 0 Å². The molecule has 0 aliphatic heterocycles. The van der Waals surface area contributed by atoms with Crippen molar-refractivity contribution in [1.82, 2.24) is 0 Å². The first-order chi connectivity index (χ1) is 6.76. The quantitative estimate of drug-likeness (QED) is 0.747. The van der Waals surface area contributed by atoms with E-state index < -0.39 is 0 Å². The molecule has 0 aromatic heterocycles. The number of phenolic OH excluding ortho intramolecular Hbond substituents is 1. The number of rotatable bonds is 5. The molecule has 0 spiro atoms. The molecule has 0 radical (unpaired) electrons. The molecule has 0 amide bonds. The van der Waals surface area contributed by atoms with E-state index in [2.05, 4.69) is 0 Å². The van der Waals surface area contributed by atoms with Crippen LogP contribution in [0.5, 0.6) is 5.75 Å². The van der Waals surface area contributed by atoms with Crippen molar-refractivity contribution in [2.75, 3.05) is 13.7 Å². The maximum absolute atomic E-state index is 9.06. The molecule has 0 aliphatic rings. The normalized spacial score (nSPS) is 12.7. The number of ether oxygens (including phenoxy) is 1. The molecule has 2 N–H and O–H groups in total. The van der Waals surface area contributed by atoms with Gasteiger partial charge in [0.25, 0.3) is 0 Å². The topological polar surface area (TPSA) is 49.7 Å². The largest absolute Gasteiger partial charge is 0.508 e. The van der Waals surface area contributed by atoms with E-state index in [0.717, 1.165) is 18.4 Å². The highest BCUT2D eigenvalue weighted by Crippen LogP contribution is 2.12. The van der Waals surface area contributed by atoms with Gasteiger partial charge in [-0.25, -0.2) is 0 Å². The third-order valence-electron chi connectivity index (χ3n) is 2.23. The number of phenols is 1. The van der Waals surface area contributed by atoms with Crippen molar-refractivity contribution in [2.24, 2.45) is 0 Å². The average molecular weight is 196 g/mol. The van der Waals surface area contributed by atoms with Gasteiger partial charge in [-0.15, -0.1) is 0 Å². The first kappa shape index (κ1) is 11.0. The summed E-state index contributed by atoms with van der Waals surface area (Å²) in [5.41, 5.74) is 1.14. The number of aliphatic hydroxyl groups is 1. The van der Waals surface area contributed by atoms with E-state index in [0.29, 0.717) is 0 Å². The smallest absolute Gasteiger partial charge is 0.115 e. The first-order valence-electron chi connectivity index (χ1n) is 4.68. The first-order valence-corrected chi connectivity index (χ1v) is 4.68. The van der Waals surface area contributed by atoms with Crippen LogP contribution in [0.2, 0.25) is 0 Å². The van der Waals surface area contributed by atoms with Crippen LogP contribution in [-0.4, -0.2) is 30.0 Å². The maximum Gasteiger partial charge on any atom is 0.115 e. The van der Waals surface area contributed by atoms with Crippen LogP contribution in [0.4, 0.5) is 0 Å². The average Bonchev–Trinajstić information content (AvgIpc) is 2.22. The molecule has 1 rings (SSSR count). The predicted molar refractivity (Wildman–Crippen MR) is 54.3 cm³/mol. The number of aromatic hydroxyl groups is 1. The van der Waals surface area contributed by atoms with Gasteiger partial charge >= 0.3 is 0 Å². The summed E-state index contributed by atoms with van der Waals surface area (Å²) >= 11 is 0. The van der Waals surface area contributed by atoms with Crippen LogP contribution in [0.1, 0.15) is 12.0 Å². The second kappa shape index (κ2) is 5.62. The molecule has 78 valence electrons. The van der Waals surface area contributed by atoms with E-state index in [-0.39, 0.29) is 18.5 Å². The molecule has 0 fully saturated rings. The maximum atomic E-state index is 9.06. The lowest BCUT2D eigenvalue weighted by molar-refractivity contribution is 0.0435. The van der Waals surface area contributed by atoms with Crippen molar-refractivity contribution in [3.8, 4) is 5.75 Å². The molecule has 0 saturated carbocycles. The van der Waals surface area contributed by atoms with Crippen molar-refractivity contribution in [3.05, 3.63) is 29.8 Å². The van der Waals surface area contributed by atoms with Gasteiger partial charge in [0.1, 0.15) is 5.75 Å². The second-order valence-electron chi connectivity index (χ2n) is 3.25. The number of methoxy groups -OCH3 is 1. The van der Waals surface area contributed by atoms with Crippen LogP contribution < -0.4 is 0 Å². The zero-order valence-corrected chi connectivity index (χ0v) is 8.31. The summed E-state index contributed by atoms with van der Waals surface area (Å²) in [5, 5.41) is 17.9. The van der Waals surface area contributed by atoms with Crippen LogP contribution in [0.15, 0.2) is 24.3 Å².